The lowest BCUT2D eigenvalue weighted by Gasteiger charge is -2.29. The van der Waals surface area contributed by atoms with Gasteiger partial charge in [0, 0.05) is 24.3 Å². The van der Waals surface area contributed by atoms with Gasteiger partial charge in [0.05, 0.1) is 12.8 Å². The van der Waals surface area contributed by atoms with E-state index in [-0.39, 0.29) is 12.4 Å². The third-order valence-electron chi connectivity index (χ3n) is 5.56. The molecule has 1 N–H and O–H groups in total. The summed E-state index contributed by atoms with van der Waals surface area (Å²) >= 11 is 0. The van der Waals surface area contributed by atoms with Gasteiger partial charge < -0.3 is 24.4 Å². The molecule has 3 rings (SSSR count). The molecule has 176 valence electrons. The number of hydrogen-bond acceptors (Lipinski definition) is 6. The number of hydrogen-bond donors (Lipinski definition) is 1. The smallest absolute Gasteiger partial charge is 0.422 e. The highest BCUT2D eigenvalue weighted by molar-refractivity contribution is 5.43. The summed E-state index contributed by atoms with van der Waals surface area (Å²) in [6, 6.07) is 7.67. The Balaban J connectivity index is 1.59. The third-order valence-corrected chi connectivity index (χ3v) is 5.56. The first-order valence-electron chi connectivity index (χ1n) is 10.6. The molecule has 2 heterocycles. The van der Waals surface area contributed by atoms with Crippen molar-refractivity contribution in [1.82, 2.24) is 15.2 Å². The molecule has 1 aromatic carbocycles. The zero-order valence-corrected chi connectivity index (χ0v) is 18.7. The van der Waals surface area contributed by atoms with Crippen LogP contribution in [0.5, 0.6) is 17.2 Å². The van der Waals surface area contributed by atoms with Crippen molar-refractivity contribution in [3.63, 3.8) is 0 Å². The Hall–Kier alpha value is -2.52. The average Bonchev–Trinajstić information content (AvgIpc) is 2.77. The van der Waals surface area contributed by atoms with Crippen LogP contribution < -0.4 is 19.5 Å². The molecule has 0 atom stereocenters. The lowest BCUT2D eigenvalue weighted by Crippen LogP contribution is -2.40. The maximum absolute atomic E-state index is 12.4. The van der Waals surface area contributed by atoms with Crippen molar-refractivity contribution >= 4 is 0 Å². The summed E-state index contributed by atoms with van der Waals surface area (Å²) in [6.07, 6.45) is -0.726. The molecule has 2 aromatic rings. The van der Waals surface area contributed by atoms with Crippen LogP contribution in [0, 0.1) is 6.92 Å². The second-order valence-corrected chi connectivity index (χ2v) is 8.02. The van der Waals surface area contributed by atoms with Crippen LogP contribution in [0.2, 0.25) is 0 Å². The topological polar surface area (TPSA) is 55.9 Å². The molecule has 0 radical (unpaired) electrons. The van der Waals surface area contributed by atoms with Gasteiger partial charge in [-0.25, -0.2) is 0 Å². The standard InChI is InChI=1S/C23H30F3N3O3/c1-16-19(27-9-6-20(16)32-15-23(24,25)26)14-31-21-5-4-17(12-22(21)30-3)13-28-18-7-10-29(2)11-8-18/h4-6,9,12,18,28H,7-8,10-11,13-15H2,1-3H3. The van der Waals surface area contributed by atoms with E-state index in [1.54, 1.807) is 14.0 Å². The van der Waals surface area contributed by atoms with Gasteiger partial charge in [-0.2, -0.15) is 13.2 Å². The van der Waals surface area contributed by atoms with E-state index in [0.717, 1.165) is 38.0 Å². The number of nitrogens with zero attached hydrogens (tertiary/aromatic N) is 2. The Morgan fingerprint density at radius 1 is 1.09 bits per heavy atom. The zero-order valence-electron chi connectivity index (χ0n) is 18.7. The molecule has 6 nitrogen and oxygen atoms in total. The van der Waals surface area contributed by atoms with Gasteiger partial charge in [0.1, 0.15) is 12.4 Å². The minimum absolute atomic E-state index is 0.0819. The van der Waals surface area contributed by atoms with E-state index in [0.29, 0.717) is 28.8 Å². The monoisotopic (exact) mass is 453 g/mol. The SMILES string of the molecule is COc1cc(CNC2CCN(C)CC2)ccc1OCc1nccc(OCC(F)(F)F)c1C. The average molecular weight is 454 g/mol. The second kappa shape index (κ2) is 10.9. The highest BCUT2D eigenvalue weighted by Gasteiger charge is 2.29. The fourth-order valence-corrected chi connectivity index (χ4v) is 3.58. The summed E-state index contributed by atoms with van der Waals surface area (Å²) in [6.45, 7) is 3.33. The minimum Gasteiger partial charge on any atom is -0.493 e. The molecule has 0 aliphatic carbocycles. The highest BCUT2D eigenvalue weighted by Crippen LogP contribution is 2.30. The van der Waals surface area contributed by atoms with Gasteiger partial charge in [0.25, 0.3) is 0 Å². The Morgan fingerprint density at radius 3 is 2.53 bits per heavy atom. The molecule has 0 spiro atoms. The Kier molecular flexibility index (Phi) is 8.20. The Labute approximate surface area is 186 Å². The van der Waals surface area contributed by atoms with E-state index in [1.807, 2.05) is 18.2 Å². The van der Waals surface area contributed by atoms with Crippen LogP contribution in [0.1, 0.15) is 29.7 Å². The lowest BCUT2D eigenvalue weighted by atomic mass is 10.1. The number of piperidine rings is 1. The van der Waals surface area contributed by atoms with Crippen molar-refractivity contribution in [3.05, 3.63) is 47.3 Å². The number of benzene rings is 1. The first kappa shape index (κ1) is 24.1. The number of pyridine rings is 1. The van der Waals surface area contributed by atoms with Gasteiger partial charge in [-0.1, -0.05) is 6.07 Å². The molecule has 1 aliphatic heterocycles. The van der Waals surface area contributed by atoms with Gasteiger partial charge in [-0.3, -0.25) is 4.98 Å². The number of rotatable bonds is 9. The number of aromatic nitrogens is 1. The molecule has 0 unspecified atom stereocenters. The molecule has 1 fully saturated rings. The lowest BCUT2D eigenvalue weighted by molar-refractivity contribution is -0.153. The molecule has 1 aliphatic rings. The van der Waals surface area contributed by atoms with E-state index in [9.17, 15) is 13.2 Å². The highest BCUT2D eigenvalue weighted by atomic mass is 19.4. The predicted octanol–water partition coefficient (Wildman–Crippen LogP) is 4.10. The molecular formula is C23H30F3N3O3. The first-order valence-corrected chi connectivity index (χ1v) is 10.6. The number of halogens is 3. The minimum atomic E-state index is -4.40. The molecule has 0 saturated carbocycles. The summed E-state index contributed by atoms with van der Waals surface area (Å²) in [5, 5.41) is 3.60. The quantitative estimate of drug-likeness (QED) is 0.617. The van der Waals surface area contributed by atoms with Gasteiger partial charge in [0.2, 0.25) is 0 Å². The van der Waals surface area contributed by atoms with Crippen LogP contribution in [0.4, 0.5) is 13.2 Å². The Morgan fingerprint density at radius 2 is 1.84 bits per heavy atom. The van der Waals surface area contributed by atoms with Gasteiger partial charge in [0.15, 0.2) is 18.1 Å². The zero-order chi connectivity index (χ0) is 23.1. The molecule has 0 bridgehead atoms. The predicted molar refractivity (Wildman–Crippen MR) is 115 cm³/mol. The van der Waals surface area contributed by atoms with E-state index >= 15 is 0 Å². The van der Waals surface area contributed by atoms with Crippen LogP contribution in [-0.2, 0) is 13.2 Å². The van der Waals surface area contributed by atoms with Gasteiger partial charge in [-0.05, 0) is 63.7 Å². The van der Waals surface area contributed by atoms with Crippen molar-refractivity contribution < 1.29 is 27.4 Å². The summed E-state index contributed by atoms with van der Waals surface area (Å²) < 4.78 is 53.6. The van der Waals surface area contributed by atoms with Gasteiger partial charge >= 0.3 is 6.18 Å². The van der Waals surface area contributed by atoms with E-state index in [1.165, 1.54) is 12.3 Å². The van der Waals surface area contributed by atoms with Crippen LogP contribution in [0.25, 0.3) is 0 Å². The van der Waals surface area contributed by atoms with Crippen LogP contribution in [-0.4, -0.2) is 56.0 Å². The summed E-state index contributed by atoms with van der Waals surface area (Å²) in [5.41, 5.74) is 2.10. The van der Waals surface area contributed by atoms with E-state index < -0.39 is 12.8 Å². The fourth-order valence-electron chi connectivity index (χ4n) is 3.58. The molecule has 1 aromatic heterocycles. The number of alkyl halides is 3. The summed E-state index contributed by atoms with van der Waals surface area (Å²) in [5.74, 6) is 1.27. The number of ether oxygens (including phenoxy) is 3. The third kappa shape index (κ3) is 7.00. The largest absolute Gasteiger partial charge is 0.493 e. The maximum Gasteiger partial charge on any atom is 0.422 e. The van der Waals surface area contributed by atoms with Crippen molar-refractivity contribution in [2.45, 2.75) is 45.1 Å². The summed E-state index contributed by atoms with van der Waals surface area (Å²) in [4.78, 5) is 6.55. The molecular weight excluding hydrogens is 423 g/mol. The van der Waals surface area contributed by atoms with E-state index in [2.05, 4.69) is 22.2 Å². The van der Waals surface area contributed by atoms with Crippen LogP contribution in [0.3, 0.4) is 0 Å². The Bertz CT molecular complexity index is 885. The van der Waals surface area contributed by atoms with Crippen molar-refractivity contribution in [2.75, 3.05) is 33.9 Å². The van der Waals surface area contributed by atoms with Crippen molar-refractivity contribution in [2.24, 2.45) is 0 Å². The number of methoxy groups -OCH3 is 1. The molecule has 9 heteroatoms. The molecule has 1 saturated heterocycles. The number of likely N-dealkylation sites (tertiary alicyclic amines) is 1. The fraction of sp³-hybridized carbons (Fsp3) is 0.522. The van der Waals surface area contributed by atoms with Gasteiger partial charge in [-0.15, -0.1) is 0 Å². The first-order chi connectivity index (χ1) is 15.2. The maximum atomic E-state index is 12.4. The number of nitrogens with one attached hydrogen (secondary N) is 1. The van der Waals surface area contributed by atoms with Crippen LogP contribution >= 0.6 is 0 Å². The molecule has 0 amide bonds. The normalized spacial score (nSPS) is 15.6. The van der Waals surface area contributed by atoms with Crippen molar-refractivity contribution in [1.29, 1.82) is 0 Å². The van der Waals surface area contributed by atoms with E-state index in [4.69, 9.17) is 14.2 Å². The van der Waals surface area contributed by atoms with Crippen LogP contribution in [0.15, 0.2) is 30.5 Å². The molecule has 32 heavy (non-hydrogen) atoms. The van der Waals surface area contributed by atoms with Crippen molar-refractivity contribution in [3.8, 4) is 17.2 Å². The summed E-state index contributed by atoms with van der Waals surface area (Å²) in [7, 11) is 3.72. The second-order valence-electron chi connectivity index (χ2n) is 8.02.